The number of nitrogens with zero attached hydrogens (tertiary/aromatic N) is 1. The third kappa shape index (κ3) is 4.46. The van der Waals surface area contributed by atoms with E-state index in [1.807, 2.05) is 0 Å². The van der Waals surface area contributed by atoms with Crippen LogP contribution in [0.25, 0.3) is 0 Å². The summed E-state index contributed by atoms with van der Waals surface area (Å²) in [7, 11) is 1.37. The molecule has 1 aliphatic heterocycles. The smallest absolute Gasteiger partial charge is 0.338 e. The monoisotopic (exact) mass is 385 g/mol. The van der Waals surface area contributed by atoms with E-state index in [0.29, 0.717) is 17.9 Å². The minimum absolute atomic E-state index is 0.0600. The number of ether oxygens (including phenoxy) is 3. The highest BCUT2D eigenvalue weighted by molar-refractivity contribution is 7.91. The van der Waals surface area contributed by atoms with Gasteiger partial charge in [0, 0.05) is 18.7 Å². The van der Waals surface area contributed by atoms with Gasteiger partial charge in [0.05, 0.1) is 31.3 Å². The van der Waals surface area contributed by atoms with Crippen LogP contribution in [-0.2, 0) is 19.4 Å². The highest BCUT2D eigenvalue weighted by atomic mass is 32.2. The molecule has 2 rings (SSSR count). The second kappa shape index (κ2) is 7.94. The van der Waals surface area contributed by atoms with Crippen LogP contribution in [0, 0.1) is 6.92 Å². The molecule has 0 radical (unpaired) electrons. The van der Waals surface area contributed by atoms with E-state index in [9.17, 15) is 18.0 Å². The van der Waals surface area contributed by atoms with Gasteiger partial charge in [0.2, 0.25) is 0 Å². The number of sulfone groups is 1. The molecule has 0 bridgehead atoms. The van der Waals surface area contributed by atoms with Gasteiger partial charge in [-0.05, 0) is 25.5 Å². The number of methoxy groups -OCH3 is 2. The number of esters is 1. The lowest BCUT2D eigenvalue weighted by Gasteiger charge is -2.23. The maximum Gasteiger partial charge on any atom is 0.338 e. The highest BCUT2D eigenvalue weighted by Gasteiger charge is 2.33. The van der Waals surface area contributed by atoms with Crippen LogP contribution in [0.1, 0.15) is 22.3 Å². The van der Waals surface area contributed by atoms with Crippen LogP contribution in [0.4, 0.5) is 0 Å². The zero-order valence-electron chi connectivity index (χ0n) is 15.3. The molecular formula is C17H23NO7S. The van der Waals surface area contributed by atoms with Crippen LogP contribution in [0.2, 0.25) is 0 Å². The van der Waals surface area contributed by atoms with Gasteiger partial charge in [-0.3, -0.25) is 4.79 Å². The van der Waals surface area contributed by atoms with E-state index in [0.717, 1.165) is 5.56 Å². The Hall–Kier alpha value is -2.29. The molecule has 1 heterocycles. The molecule has 1 saturated heterocycles. The van der Waals surface area contributed by atoms with E-state index < -0.39 is 28.3 Å². The van der Waals surface area contributed by atoms with Gasteiger partial charge in [0.1, 0.15) is 11.5 Å². The maximum absolute atomic E-state index is 12.2. The van der Waals surface area contributed by atoms with Crippen molar-refractivity contribution in [3.8, 4) is 11.5 Å². The normalized spacial score (nSPS) is 18.2. The summed E-state index contributed by atoms with van der Waals surface area (Å²) in [5.74, 6) is -0.200. The topological polar surface area (TPSA) is 99.2 Å². The van der Waals surface area contributed by atoms with Gasteiger partial charge < -0.3 is 19.1 Å². The van der Waals surface area contributed by atoms with Gasteiger partial charge >= 0.3 is 5.97 Å². The van der Waals surface area contributed by atoms with Crippen molar-refractivity contribution >= 4 is 21.7 Å². The molecule has 0 N–H and O–H groups in total. The summed E-state index contributed by atoms with van der Waals surface area (Å²) in [6.07, 6.45) is 0.394. The van der Waals surface area contributed by atoms with Gasteiger partial charge in [-0.25, -0.2) is 13.2 Å². The van der Waals surface area contributed by atoms with Gasteiger partial charge in [0.15, 0.2) is 16.4 Å². The first-order valence-electron chi connectivity index (χ1n) is 8.04. The lowest BCUT2D eigenvalue weighted by Crippen LogP contribution is -2.40. The predicted molar refractivity (Wildman–Crippen MR) is 94.4 cm³/mol. The number of carbonyl (C=O) groups is 2. The van der Waals surface area contributed by atoms with Crippen molar-refractivity contribution < 1.29 is 32.2 Å². The van der Waals surface area contributed by atoms with E-state index >= 15 is 0 Å². The molecule has 9 heteroatoms. The van der Waals surface area contributed by atoms with Crippen LogP contribution in [0.15, 0.2) is 12.1 Å². The number of likely N-dealkylation sites (N-methyl/N-ethyl adjacent to an activating group) is 1. The molecule has 0 aromatic heterocycles. The number of hydrogen-bond donors (Lipinski definition) is 0. The zero-order valence-corrected chi connectivity index (χ0v) is 16.1. The minimum Gasteiger partial charge on any atom is -0.496 e. The molecule has 8 nitrogen and oxygen atoms in total. The minimum atomic E-state index is -3.10. The molecule has 1 aromatic rings. The Morgan fingerprint density at radius 3 is 2.23 bits per heavy atom. The first-order chi connectivity index (χ1) is 12.2. The highest BCUT2D eigenvalue weighted by Crippen LogP contribution is 2.29. The van der Waals surface area contributed by atoms with Crippen molar-refractivity contribution in [2.75, 3.05) is 39.4 Å². The molecule has 0 aliphatic carbocycles. The van der Waals surface area contributed by atoms with Crippen LogP contribution in [0.5, 0.6) is 11.5 Å². The van der Waals surface area contributed by atoms with Crippen molar-refractivity contribution in [2.24, 2.45) is 0 Å². The fraction of sp³-hybridized carbons (Fsp3) is 0.529. The third-order valence-corrected chi connectivity index (χ3v) is 6.21. The van der Waals surface area contributed by atoms with Crippen molar-refractivity contribution in [1.82, 2.24) is 4.90 Å². The fourth-order valence-corrected chi connectivity index (χ4v) is 4.58. The molecule has 1 fully saturated rings. The van der Waals surface area contributed by atoms with Crippen LogP contribution in [0.3, 0.4) is 0 Å². The molecule has 26 heavy (non-hydrogen) atoms. The maximum atomic E-state index is 12.2. The van der Waals surface area contributed by atoms with E-state index in [4.69, 9.17) is 14.2 Å². The molecular weight excluding hydrogens is 362 g/mol. The summed E-state index contributed by atoms with van der Waals surface area (Å²) in [5, 5.41) is 0. The van der Waals surface area contributed by atoms with Crippen molar-refractivity contribution in [1.29, 1.82) is 0 Å². The standard InChI is InChI=1S/C17H23NO7S/c1-11-14(23-3)7-12(8-15(11)24-4)17(20)25-9-16(19)18(2)13-5-6-26(21,22)10-13/h7-8,13H,5-6,9-10H2,1-4H3. The second-order valence-corrected chi connectivity index (χ2v) is 8.37. The van der Waals surface area contributed by atoms with Gasteiger partial charge in [-0.2, -0.15) is 0 Å². The number of carbonyl (C=O) groups excluding carboxylic acids is 2. The zero-order chi connectivity index (χ0) is 19.5. The molecule has 1 unspecified atom stereocenters. The first kappa shape index (κ1) is 20.0. The molecule has 1 amide bonds. The van der Waals surface area contributed by atoms with E-state index in [1.165, 1.54) is 38.3 Å². The van der Waals surface area contributed by atoms with Crippen molar-refractivity contribution in [3.05, 3.63) is 23.3 Å². The summed E-state index contributed by atoms with van der Waals surface area (Å²) in [4.78, 5) is 25.8. The molecule has 1 aliphatic rings. The molecule has 144 valence electrons. The van der Waals surface area contributed by atoms with Gasteiger partial charge in [-0.1, -0.05) is 0 Å². The molecule has 0 saturated carbocycles. The Balaban J connectivity index is 2.01. The van der Waals surface area contributed by atoms with Gasteiger partial charge in [-0.15, -0.1) is 0 Å². The second-order valence-electron chi connectivity index (χ2n) is 6.14. The summed E-state index contributed by atoms with van der Waals surface area (Å²) >= 11 is 0. The molecule has 0 spiro atoms. The largest absolute Gasteiger partial charge is 0.496 e. The van der Waals surface area contributed by atoms with Crippen LogP contribution in [-0.4, -0.2) is 70.6 Å². The Labute approximate surface area is 152 Å². The predicted octanol–water partition coefficient (Wildman–Crippen LogP) is 0.815. The lowest BCUT2D eigenvalue weighted by atomic mass is 10.1. The number of benzene rings is 1. The Morgan fingerprint density at radius 2 is 1.77 bits per heavy atom. The summed E-state index contributed by atoms with van der Waals surface area (Å²) in [5.41, 5.74) is 0.938. The Morgan fingerprint density at radius 1 is 1.19 bits per heavy atom. The van der Waals surface area contributed by atoms with E-state index in [-0.39, 0.29) is 23.1 Å². The van der Waals surface area contributed by atoms with E-state index in [1.54, 1.807) is 6.92 Å². The third-order valence-electron chi connectivity index (χ3n) is 4.46. The summed E-state index contributed by atoms with van der Waals surface area (Å²) < 4.78 is 38.5. The van der Waals surface area contributed by atoms with Crippen LogP contribution >= 0.6 is 0 Å². The lowest BCUT2D eigenvalue weighted by molar-refractivity contribution is -0.134. The molecule has 1 aromatic carbocycles. The SMILES string of the molecule is COc1cc(C(=O)OCC(=O)N(C)C2CCS(=O)(=O)C2)cc(OC)c1C. The van der Waals surface area contributed by atoms with Crippen LogP contribution < -0.4 is 9.47 Å². The fourth-order valence-electron chi connectivity index (χ4n) is 2.80. The Kier molecular flexibility index (Phi) is 6.12. The van der Waals surface area contributed by atoms with Gasteiger partial charge in [0.25, 0.3) is 5.91 Å². The average Bonchev–Trinajstić information content (AvgIpc) is 2.98. The van der Waals surface area contributed by atoms with Crippen molar-refractivity contribution in [2.45, 2.75) is 19.4 Å². The quantitative estimate of drug-likeness (QED) is 0.668. The Bertz CT molecular complexity index is 778. The number of rotatable bonds is 6. The number of hydrogen-bond acceptors (Lipinski definition) is 7. The average molecular weight is 385 g/mol. The number of amides is 1. The molecule has 1 atom stereocenters. The summed E-state index contributed by atoms with van der Waals surface area (Å²) in [6, 6.07) is 2.64. The summed E-state index contributed by atoms with van der Waals surface area (Å²) in [6.45, 7) is 1.32. The van der Waals surface area contributed by atoms with Crippen molar-refractivity contribution in [3.63, 3.8) is 0 Å². The van der Waals surface area contributed by atoms with E-state index in [2.05, 4.69) is 0 Å². The first-order valence-corrected chi connectivity index (χ1v) is 9.86.